The zero-order valence-electron chi connectivity index (χ0n) is 19.0. The number of halogens is 2. The van der Waals surface area contributed by atoms with Gasteiger partial charge in [-0.1, -0.05) is 30.2 Å². The number of carbonyl (C=O) groups is 1. The molecule has 0 radical (unpaired) electrons. The molecule has 1 aliphatic heterocycles. The summed E-state index contributed by atoms with van der Waals surface area (Å²) in [6.07, 6.45) is 7.03. The molecule has 1 saturated heterocycles. The number of rotatable bonds is 5. The Kier molecular flexibility index (Phi) is 6.15. The zero-order valence-corrected chi connectivity index (χ0v) is 19.0. The predicted octanol–water partition coefficient (Wildman–Crippen LogP) is 4.94. The van der Waals surface area contributed by atoms with E-state index in [2.05, 4.69) is 16.8 Å². The first kappa shape index (κ1) is 22.5. The van der Waals surface area contributed by atoms with Crippen LogP contribution in [-0.4, -0.2) is 31.7 Å². The minimum Gasteiger partial charge on any atom is -0.489 e. The summed E-state index contributed by atoms with van der Waals surface area (Å²) >= 11 is 0. The van der Waals surface area contributed by atoms with E-state index in [-0.39, 0.29) is 24.3 Å². The van der Waals surface area contributed by atoms with Gasteiger partial charge in [-0.05, 0) is 43.4 Å². The summed E-state index contributed by atoms with van der Waals surface area (Å²) < 4.78 is 34.1. The van der Waals surface area contributed by atoms with Crippen molar-refractivity contribution >= 4 is 11.4 Å². The van der Waals surface area contributed by atoms with Gasteiger partial charge in [-0.2, -0.15) is 0 Å². The van der Waals surface area contributed by atoms with Crippen molar-refractivity contribution in [2.75, 3.05) is 6.54 Å². The van der Waals surface area contributed by atoms with E-state index in [1.54, 1.807) is 24.2 Å². The average Bonchev–Trinajstić information content (AvgIpc) is 3.50. The van der Waals surface area contributed by atoms with E-state index in [1.165, 1.54) is 6.07 Å². The lowest BCUT2D eigenvalue weighted by Gasteiger charge is -2.21. The summed E-state index contributed by atoms with van der Waals surface area (Å²) in [6, 6.07) is 11.0. The molecule has 35 heavy (non-hydrogen) atoms. The van der Waals surface area contributed by atoms with Gasteiger partial charge in [0.15, 0.2) is 11.6 Å². The van der Waals surface area contributed by atoms with Crippen LogP contribution in [0.25, 0.3) is 16.8 Å². The Balaban J connectivity index is 1.41. The Labute approximate surface area is 201 Å². The van der Waals surface area contributed by atoms with E-state index in [4.69, 9.17) is 9.72 Å². The standard InChI is InChI=1S/C27H22F2N4O2/c1-2-4-25(34)32-13-3-5-23(32)27-31-26(24-16-30-12-14-33(24)27)19-8-6-18(7-9-19)17-35-20-10-11-21(28)22(29)15-20/h6-12,14-16,23H,3,5,13,17H2,1H3. The monoisotopic (exact) mass is 472 g/mol. The van der Waals surface area contributed by atoms with Gasteiger partial charge in [0.2, 0.25) is 0 Å². The van der Waals surface area contributed by atoms with Gasteiger partial charge >= 0.3 is 0 Å². The van der Waals surface area contributed by atoms with Crippen LogP contribution in [0.4, 0.5) is 8.78 Å². The van der Waals surface area contributed by atoms with Crippen LogP contribution >= 0.6 is 0 Å². The number of imidazole rings is 1. The topological polar surface area (TPSA) is 59.7 Å². The molecule has 176 valence electrons. The molecule has 2 aromatic heterocycles. The molecular weight excluding hydrogens is 450 g/mol. The van der Waals surface area contributed by atoms with E-state index in [0.717, 1.165) is 53.1 Å². The van der Waals surface area contributed by atoms with E-state index in [1.807, 2.05) is 34.9 Å². The molecule has 1 aliphatic rings. The van der Waals surface area contributed by atoms with Crippen LogP contribution in [-0.2, 0) is 11.4 Å². The van der Waals surface area contributed by atoms with Crippen molar-refractivity contribution in [1.29, 1.82) is 0 Å². The summed E-state index contributed by atoms with van der Waals surface area (Å²) in [4.78, 5) is 23.5. The Morgan fingerprint density at radius 2 is 2.00 bits per heavy atom. The summed E-state index contributed by atoms with van der Waals surface area (Å²) in [7, 11) is 0. The van der Waals surface area contributed by atoms with Crippen LogP contribution in [0, 0.1) is 23.5 Å². The van der Waals surface area contributed by atoms with Gasteiger partial charge < -0.3 is 9.64 Å². The van der Waals surface area contributed by atoms with Crippen molar-refractivity contribution in [2.45, 2.75) is 32.4 Å². The molecule has 6 nitrogen and oxygen atoms in total. The largest absolute Gasteiger partial charge is 0.489 e. The smallest absolute Gasteiger partial charge is 0.299 e. The molecule has 1 unspecified atom stereocenters. The number of fused-ring (bicyclic) bond motifs is 1. The molecule has 0 saturated carbocycles. The highest BCUT2D eigenvalue weighted by Gasteiger charge is 2.33. The van der Waals surface area contributed by atoms with Crippen molar-refractivity contribution < 1.29 is 18.3 Å². The van der Waals surface area contributed by atoms with Crippen molar-refractivity contribution in [3.63, 3.8) is 0 Å². The molecule has 0 spiro atoms. The summed E-state index contributed by atoms with van der Waals surface area (Å²) in [5, 5.41) is 0. The Morgan fingerprint density at radius 3 is 2.77 bits per heavy atom. The number of nitrogens with zero attached hydrogens (tertiary/aromatic N) is 4. The van der Waals surface area contributed by atoms with E-state index < -0.39 is 11.6 Å². The van der Waals surface area contributed by atoms with Crippen molar-refractivity contribution in [3.8, 4) is 28.8 Å². The second-order valence-corrected chi connectivity index (χ2v) is 8.24. The molecule has 2 aromatic carbocycles. The number of ether oxygens (including phenoxy) is 1. The average molecular weight is 472 g/mol. The number of carbonyl (C=O) groups excluding carboxylic acids is 1. The highest BCUT2D eigenvalue weighted by molar-refractivity contribution is 5.94. The lowest BCUT2D eigenvalue weighted by Crippen LogP contribution is -2.30. The van der Waals surface area contributed by atoms with Crippen LogP contribution in [0.3, 0.4) is 0 Å². The fourth-order valence-corrected chi connectivity index (χ4v) is 4.36. The number of hydrogen-bond donors (Lipinski definition) is 0. The molecular formula is C27H22F2N4O2. The highest BCUT2D eigenvalue weighted by Crippen LogP contribution is 2.35. The molecule has 1 atom stereocenters. The molecule has 3 heterocycles. The van der Waals surface area contributed by atoms with Gasteiger partial charge in [0.1, 0.15) is 18.2 Å². The van der Waals surface area contributed by atoms with Gasteiger partial charge in [0.25, 0.3) is 5.91 Å². The number of aromatic nitrogens is 3. The molecule has 4 aromatic rings. The van der Waals surface area contributed by atoms with Crippen molar-refractivity contribution in [1.82, 2.24) is 19.3 Å². The van der Waals surface area contributed by atoms with Crippen LogP contribution in [0.15, 0.2) is 61.1 Å². The van der Waals surface area contributed by atoms with Gasteiger partial charge in [-0.25, -0.2) is 13.8 Å². The minimum atomic E-state index is -0.946. The van der Waals surface area contributed by atoms with Gasteiger partial charge in [-0.15, -0.1) is 0 Å². The Bertz CT molecular complexity index is 1450. The Morgan fingerprint density at radius 1 is 1.17 bits per heavy atom. The van der Waals surface area contributed by atoms with E-state index >= 15 is 0 Å². The minimum absolute atomic E-state index is 0.157. The number of likely N-dealkylation sites (tertiary alicyclic amines) is 1. The molecule has 0 aliphatic carbocycles. The Hall–Kier alpha value is -4.25. The first-order valence-electron chi connectivity index (χ1n) is 11.3. The highest BCUT2D eigenvalue weighted by atomic mass is 19.2. The second-order valence-electron chi connectivity index (χ2n) is 8.24. The van der Waals surface area contributed by atoms with Crippen molar-refractivity contribution in [2.24, 2.45) is 0 Å². The maximum absolute atomic E-state index is 13.4. The SMILES string of the molecule is CC#CC(=O)N1CCCC1c1nc(-c2ccc(COc3ccc(F)c(F)c3)cc2)c2cnccn12. The zero-order chi connectivity index (χ0) is 24.4. The summed E-state index contributed by atoms with van der Waals surface area (Å²) in [6.45, 7) is 2.52. The predicted molar refractivity (Wildman–Crippen MR) is 126 cm³/mol. The fourth-order valence-electron chi connectivity index (χ4n) is 4.36. The number of benzene rings is 2. The maximum Gasteiger partial charge on any atom is 0.299 e. The van der Waals surface area contributed by atoms with Gasteiger partial charge in [0, 0.05) is 30.6 Å². The lowest BCUT2D eigenvalue weighted by molar-refractivity contribution is -0.126. The molecule has 1 fully saturated rings. The third kappa shape index (κ3) is 4.45. The molecule has 0 bridgehead atoms. The maximum atomic E-state index is 13.4. The molecule has 5 rings (SSSR count). The van der Waals surface area contributed by atoms with Crippen LogP contribution in [0.1, 0.15) is 37.2 Å². The van der Waals surface area contributed by atoms with Crippen LogP contribution in [0.2, 0.25) is 0 Å². The quantitative estimate of drug-likeness (QED) is 0.386. The number of amides is 1. The van der Waals surface area contributed by atoms with Gasteiger partial charge in [-0.3, -0.25) is 14.2 Å². The van der Waals surface area contributed by atoms with E-state index in [9.17, 15) is 13.6 Å². The van der Waals surface area contributed by atoms with Gasteiger partial charge in [0.05, 0.1) is 23.4 Å². The van der Waals surface area contributed by atoms with Crippen LogP contribution in [0.5, 0.6) is 5.75 Å². The summed E-state index contributed by atoms with van der Waals surface area (Å²) in [5.41, 5.74) is 3.37. The first-order valence-corrected chi connectivity index (χ1v) is 11.3. The molecule has 8 heteroatoms. The second kappa shape index (κ2) is 9.55. The molecule has 0 N–H and O–H groups in total. The third-order valence-corrected chi connectivity index (χ3v) is 6.04. The summed E-state index contributed by atoms with van der Waals surface area (Å²) in [5.74, 6) is 4.33. The fraction of sp³-hybridized carbons (Fsp3) is 0.222. The third-order valence-electron chi connectivity index (χ3n) is 6.04. The first-order chi connectivity index (χ1) is 17.0. The van der Waals surface area contributed by atoms with Crippen LogP contribution < -0.4 is 4.74 Å². The normalized spacial score (nSPS) is 15.2. The lowest BCUT2D eigenvalue weighted by atomic mass is 10.1. The van der Waals surface area contributed by atoms with Crippen molar-refractivity contribution in [3.05, 3.63) is 84.1 Å². The molecule has 1 amide bonds. The number of hydrogen-bond acceptors (Lipinski definition) is 4. The van der Waals surface area contributed by atoms with E-state index in [0.29, 0.717) is 6.54 Å².